The molecule has 0 heterocycles. The number of unbranched alkanes of at least 4 members (excludes halogenated alkanes) is 13. The molecule has 0 spiro atoms. The van der Waals surface area contributed by atoms with Crippen LogP contribution >= 0.6 is 0 Å². The molecule has 0 saturated heterocycles. The molecule has 0 saturated carbocycles. The lowest BCUT2D eigenvalue weighted by atomic mass is 10.1. The highest BCUT2D eigenvalue weighted by atomic mass is 16.6. The average molecular weight is 1130 g/mol. The molecule has 0 aromatic carbocycles. The first-order valence-electron chi connectivity index (χ1n) is 32.4. The maximum Gasteiger partial charge on any atom is 0.306 e. The first kappa shape index (κ1) is 76.2. The highest BCUT2D eigenvalue weighted by molar-refractivity contribution is 5.71. The molecule has 0 aromatic heterocycles. The highest BCUT2D eigenvalue weighted by Gasteiger charge is 2.19. The van der Waals surface area contributed by atoms with Crippen LogP contribution in [0.15, 0.2) is 194 Å². The van der Waals surface area contributed by atoms with Crippen molar-refractivity contribution in [3.05, 3.63) is 194 Å². The van der Waals surface area contributed by atoms with Gasteiger partial charge in [-0.1, -0.05) is 254 Å². The van der Waals surface area contributed by atoms with Gasteiger partial charge in [0.15, 0.2) is 6.10 Å². The quantitative estimate of drug-likeness (QED) is 0.0261. The maximum absolute atomic E-state index is 12.9. The minimum Gasteiger partial charge on any atom is -0.462 e. The summed E-state index contributed by atoms with van der Waals surface area (Å²) < 4.78 is 16.8. The van der Waals surface area contributed by atoms with Gasteiger partial charge in [-0.3, -0.25) is 14.4 Å². The van der Waals surface area contributed by atoms with Gasteiger partial charge < -0.3 is 14.2 Å². The van der Waals surface area contributed by atoms with Crippen LogP contribution in [-0.2, 0) is 28.6 Å². The van der Waals surface area contributed by atoms with Gasteiger partial charge in [-0.05, 0) is 167 Å². The molecule has 0 rings (SSSR count). The number of carbonyl (C=O) groups is 3. The fourth-order valence-corrected chi connectivity index (χ4v) is 8.02. The van der Waals surface area contributed by atoms with Crippen LogP contribution in [0.2, 0.25) is 0 Å². The fraction of sp³-hybridized carbons (Fsp3) is 0.539. The fourth-order valence-electron chi connectivity index (χ4n) is 8.02. The highest BCUT2D eigenvalue weighted by Crippen LogP contribution is 2.12. The molecule has 0 bridgehead atoms. The minimum absolute atomic E-state index is 0.129. The third-order valence-electron chi connectivity index (χ3n) is 12.8. The molecular weight excluding hydrogens is 1010 g/mol. The van der Waals surface area contributed by atoms with Crippen molar-refractivity contribution in [3.8, 4) is 0 Å². The molecule has 6 heteroatoms. The molecule has 0 aliphatic heterocycles. The van der Waals surface area contributed by atoms with Crippen LogP contribution < -0.4 is 0 Å². The zero-order chi connectivity index (χ0) is 59.2. The normalized spacial score (nSPS) is 13.5. The Morgan fingerprint density at radius 3 is 0.768 bits per heavy atom. The van der Waals surface area contributed by atoms with E-state index in [9.17, 15) is 14.4 Å². The molecule has 82 heavy (non-hydrogen) atoms. The van der Waals surface area contributed by atoms with Crippen molar-refractivity contribution in [2.24, 2.45) is 0 Å². The van der Waals surface area contributed by atoms with Gasteiger partial charge >= 0.3 is 17.9 Å². The van der Waals surface area contributed by atoms with Crippen molar-refractivity contribution in [1.29, 1.82) is 0 Å². The van der Waals surface area contributed by atoms with Gasteiger partial charge in [-0.15, -0.1) is 0 Å². The summed E-state index contributed by atoms with van der Waals surface area (Å²) in [7, 11) is 0. The molecular formula is C76H116O6. The van der Waals surface area contributed by atoms with Crippen molar-refractivity contribution in [3.63, 3.8) is 0 Å². The van der Waals surface area contributed by atoms with Gasteiger partial charge in [0.05, 0.1) is 0 Å². The predicted octanol–water partition coefficient (Wildman–Crippen LogP) is 22.6. The van der Waals surface area contributed by atoms with Crippen molar-refractivity contribution in [2.45, 2.75) is 252 Å². The van der Waals surface area contributed by atoms with E-state index in [-0.39, 0.29) is 50.4 Å². The van der Waals surface area contributed by atoms with Gasteiger partial charge in [-0.25, -0.2) is 0 Å². The minimum atomic E-state index is -0.833. The van der Waals surface area contributed by atoms with Crippen LogP contribution in [-0.4, -0.2) is 37.2 Å². The van der Waals surface area contributed by atoms with E-state index in [4.69, 9.17) is 14.2 Å². The van der Waals surface area contributed by atoms with Crippen LogP contribution in [0, 0.1) is 0 Å². The van der Waals surface area contributed by atoms with E-state index in [1.807, 2.05) is 0 Å². The number of allylic oxidation sites excluding steroid dienone is 32. The Balaban J connectivity index is 4.48. The number of hydrogen-bond acceptors (Lipinski definition) is 6. The van der Waals surface area contributed by atoms with Crippen LogP contribution in [0.4, 0.5) is 0 Å². The molecule has 456 valence electrons. The van der Waals surface area contributed by atoms with Gasteiger partial charge in [-0.2, -0.15) is 0 Å². The second-order valence-corrected chi connectivity index (χ2v) is 20.5. The monoisotopic (exact) mass is 1120 g/mol. The Kier molecular flexibility index (Phi) is 63.0. The summed E-state index contributed by atoms with van der Waals surface area (Å²) in [5, 5.41) is 0. The van der Waals surface area contributed by atoms with E-state index in [2.05, 4.69) is 215 Å². The largest absolute Gasteiger partial charge is 0.462 e. The lowest BCUT2D eigenvalue weighted by Gasteiger charge is -2.18. The standard InChI is InChI=1S/C76H116O6/c1-4-7-10-13-16-19-22-25-28-30-31-32-33-34-35-36-37-38-39-40-41-42-43-44-45-46-49-51-54-57-60-63-66-69-75(78)81-72-73(71-80-74(77)68-65-62-59-56-53-50-47-27-24-21-18-15-12-9-6-3)82-76(79)70-67-64-61-58-55-52-48-29-26-23-20-17-14-11-8-5-2/h7,9-10,12,16,18-21,23,25,27-29,31-32,34-35,37-38,40-41,43-44,46-49,53-54,56-57,73H,4-6,8,11,13-15,17,22,24,26,30,33,36,39,42,45,50-52,55,58-72H2,1-3H3/b10-7-,12-9-,19-16-,21-18-,23-20-,28-25-,32-31-,35-34-,38-37-,41-40-,44-43-,47-27-,48-29-,49-46-,56-53-,57-54-. The second kappa shape index (κ2) is 67.8. The molecule has 1 atom stereocenters. The Labute approximate surface area is 503 Å². The van der Waals surface area contributed by atoms with E-state index in [0.29, 0.717) is 12.8 Å². The SMILES string of the molecule is CC/C=C\C/C=C\C/C=C\C/C=C\C/C=C\C/C=C\C/C=C\C/C=C\C/C=C\C/C=C\CCCCC(=O)OCC(COC(=O)CCCC/C=C\C/C=C\C/C=C\C/C=C\CC)OC(=O)CCCCCCC/C=C\C/C=C\CCCCCC. The van der Waals surface area contributed by atoms with Crippen LogP contribution in [0.5, 0.6) is 0 Å². The summed E-state index contributed by atoms with van der Waals surface area (Å²) in [5.74, 6) is -1.03. The molecule has 0 radical (unpaired) electrons. The van der Waals surface area contributed by atoms with Crippen molar-refractivity contribution in [1.82, 2.24) is 0 Å². The first-order valence-corrected chi connectivity index (χ1v) is 32.4. The summed E-state index contributed by atoms with van der Waals surface area (Å²) in [6.45, 7) is 6.29. The topological polar surface area (TPSA) is 78.9 Å². The van der Waals surface area contributed by atoms with E-state index in [1.165, 1.54) is 32.1 Å². The van der Waals surface area contributed by atoms with E-state index < -0.39 is 6.10 Å². The molecule has 1 unspecified atom stereocenters. The third kappa shape index (κ3) is 65.1. The summed E-state index contributed by atoms with van der Waals surface area (Å²) in [6.07, 6.45) is 103. The summed E-state index contributed by atoms with van der Waals surface area (Å²) >= 11 is 0. The summed E-state index contributed by atoms with van der Waals surface area (Å²) in [5.41, 5.74) is 0. The van der Waals surface area contributed by atoms with E-state index >= 15 is 0 Å². The first-order chi connectivity index (χ1) is 40.5. The zero-order valence-electron chi connectivity index (χ0n) is 52.2. The number of hydrogen-bond donors (Lipinski definition) is 0. The summed E-state index contributed by atoms with van der Waals surface area (Å²) in [6, 6.07) is 0. The summed E-state index contributed by atoms with van der Waals surface area (Å²) in [4.78, 5) is 38.3. The molecule has 6 nitrogen and oxygen atoms in total. The average Bonchev–Trinajstić information content (AvgIpc) is 3.47. The number of carbonyl (C=O) groups excluding carboxylic acids is 3. The van der Waals surface area contributed by atoms with Crippen LogP contribution in [0.3, 0.4) is 0 Å². The molecule has 0 aromatic rings. The Bertz CT molecular complexity index is 1970. The Morgan fingerprint density at radius 1 is 0.256 bits per heavy atom. The van der Waals surface area contributed by atoms with Gasteiger partial charge in [0.1, 0.15) is 13.2 Å². The molecule has 0 N–H and O–H groups in total. The number of esters is 3. The third-order valence-corrected chi connectivity index (χ3v) is 12.8. The Morgan fingerprint density at radius 2 is 0.476 bits per heavy atom. The van der Waals surface area contributed by atoms with E-state index in [0.717, 1.165) is 161 Å². The van der Waals surface area contributed by atoms with Crippen molar-refractivity contribution in [2.75, 3.05) is 13.2 Å². The maximum atomic E-state index is 12.9. The lowest BCUT2D eigenvalue weighted by molar-refractivity contribution is -0.167. The van der Waals surface area contributed by atoms with Crippen molar-refractivity contribution >= 4 is 17.9 Å². The van der Waals surface area contributed by atoms with Crippen LogP contribution in [0.25, 0.3) is 0 Å². The van der Waals surface area contributed by atoms with Crippen molar-refractivity contribution < 1.29 is 28.6 Å². The van der Waals surface area contributed by atoms with Crippen LogP contribution in [0.1, 0.15) is 245 Å². The number of rotatable bonds is 56. The predicted molar refractivity (Wildman–Crippen MR) is 357 cm³/mol. The van der Waals surface area contributed by atoms with Gasteiger partial charge in [0.25, 0.3) is 0 Å². The van der Waals surface area contributed by atoms with Gasteiger partial charge in [0, 0.05) is 19.3 Å². The van der Waals surface area contributed by atoms with E-state index in [1.54, 1.807) is 0 Å². The Hall–Kier alpha value is -5.75. The smallest absolute Gasteiger partial charge is 0.306 e. The lowest BCUT2D eigenvalue weighted by Crippen LogP contribution is -2.30. The molecule has 0 fully saturated rings. The number of ether oxygens (including phenoxy) is 3. The molecule has 0 aliphatic rings. The second-order valence-electron chi connectivity index (χ2n) is 20.5. The molecule has 0 amide bonds. The van der Waals surface area contributed by atoms with Gasteiger partial charge in [0.2, 0.25) is 0 Å². The molecule has 0 aliphatic carbocycles. The zero-order valence-corrected chi connectivity index (χ0v) is 52.2.